The fourth-order valence-corrected chi connectivity index (χ4v) is 2.64. The van der Waals surface area contributed by atoms with Crippen molar-refractivity contribution in [1.29, 1.82) is 0 Å². The number of carbonyl (C=O) groups excluding carboxylic acids is 1. The summed E-state index contributed by atoms with van der Waals surface area (Å²) in [6.07, 6.45) is 2.79. The molecule has 1 atom stereocenters. The first-order valence-electron chi connectivity index (χ1n) is 5.50. The molecule has 0 aromatic carbocycles. The fraction of sp³-hybridized carbons (Fsp3) is 0.700. The Morgan fingerprint density at radius 3 is 2.88 bits per heavy atom. The lowest BCUT2D eigenvalue weighted by Gasteiger charge is -2.31. The Labute approximate surface area is 99.6 Å². The number of allylic oxidation sites excluding steroid dienone is 1. The lowest BCUT2D eigenvalue weighted by molar-refractivity contribution is 0.0463. The van der Waals surface area contributed by atoms with Gasteiger partial charge in [0.1, 0.15) is 5.50 Å². The Hall–Kier alpha value is -0.720. The van der Waals surface area contributed by atoms with Crippen molar-refractivity contribution in [3.8, 4) is 0 Å². The molecule has 0 aromatic heterocycles. The Morgan fingerprint density at radius 1 is 1.62 bits per heavy atom. The predicted octanol–water partition coefficient (Wildman–Crippen LogP) is 0.981. The number of carbonyl (C=O) groups is 1. The van der Waals surface area contributed by atoms with Crippen LogP contribution in [0.3, 0.4) is 0 Å². The molecule has 0 saturated carbocycles. The van der Waals surface area contributed by atoms with Crippen LogP contribution in [0.5, 0.6) is 0 Å². The van der Waals surface area contributed by atoms with Crippen molar-refractivity contribution in [3.63, 3.8) is 0 Å². The average molecular weight is 243 g/mol. The first-order valence-corrected chi connectivity index (χ1v) is 6.38. The molecular weight excluding hydrogens is 226 g/mol. The summed E-state index contributed by atoms with van der Waals surface area (Å²) in [7, 11) is 0. The highest BCUT2D eigenvalue weighted by molar-refractivity contribution is 8.03. The van der Waals surface area contributed by atoms with E-state index in [-0.39, 0.29) is 11.5 Å². The summed E-state index contributed by atoms with van der Waals surface area (Å²) in [5.41, 5.74) is 5.64. The van der Waals surface area contributed by atoms with E-state index in [9.17, 15) is 4.79 Å². The van der Waals surface area contributed by atoms with E-state index in [2.05, 4.69) is 6.92 Å². The van der Waals surface area contributed by atoms with Crippen LogP contribution in [0.15, 0.2) is 11.1 Å². The highest BCUT2D eigenvalue weighted by atomic mass is 32.2. The van der Waals surface area contributed by atoms with Crippen LogP contribution in [0.1, 0.15) is 13.3 Å². The number of nitrogens with zero attached hydrogens (tertiary/aromatic N) is 2. The van der Waals surface area contributed by atoms with Crippen LogP contribution in [0.25, 0.3) is 0 Å². The van der Waals surface area contributed by atoms with Crippen LogP contribution in [0, 0.1) is 0 Å². The normalized spacial score (nSPS) is 25.9. The summed E-state index contributed by atoms with van der Waals surface area (Å²) in [4.78, 5) is 16.7. The lowest BCUT2D eigenvalue weighted by atomic mass is 10.4. The van der Waals surface area contributed by atoms with E-state index in [0.29, 0.717) is 26.3 Å². The predicted molar refractivity (Wildman–Crippen MR) is 63.6 cm³/mol. The number of urea groups is 1. The van der Waals surface area contributed by atoms with Crippen LogP contribution in [-0.4, -0.2) is 47.6 Å². The van der Waals surface area contributed by atoms with Crippen molar-refractivity contribution in [2.24, 2.45) is 5.73 Å². The molecule has 2 amide bonds. The number of hydrogen-bond acceptors (Lipinski definition) is 4. The molecule has 0 aliphatic carbocycles. The minimum atomic E-state index is -0.273. The molecule has 2 aliphatic heterocycles. The van der Waals surface area contributed by atoms with Gasteiger partial charge in [0, 0.05) is 24.2 Å². The summed E-state index contributed by atoms with van der Waals surface area (Å²) in [6, 6.07) is -0.00764. The molecule has 0 radical (unpaired) electrons. The third-order valence-electron chi connectivity index (χ3n) is 2.68. The molecule has 5 nitrogen and oxygen atoms in total. The molecule has 0 aromatic rings. The van der Waals surface area contributed by atoms with Crippen molar-refractivity contribution in [2.75, 3.05) is 26.3 Å². The van der Waals surface area contributed by atoms with Gasteiger partial charge >= 0.3 is 6.03 Å². The molecule has 2 N–H and O–H groups in total. The molecule has 2 rings (SSSR count). The van der Waals surface area contributed by atoms with E-state index in [1.807, 2.05) is 6.20 Å². The Bertz CT molecular complexity index is 302. The summed E-state index contributed by atoms with van der Waals surface area (Å²) in [5, 5.41) is 0. The second kappa shape index (κ2) is 5.07. The van der Waals surface area contributed by atoms with Crippen LogP contribution >= 0.6 is 11.8 Å². The summed E-state index contributed by atoms with van der Waals surface area (Å²) < 4.78 is 5.22. The van der Waals surface area contributed by atoms with Gasteiger partial charge in [0.2, 0.25) is 0 Å². The third kappa shape index (κ3) is 2.34. The number of amides is 2. The molecule has 90 valence electrons. The minimum Gasteiger partial charge on any atom is -0.378 e. The second-order valence-electron chi connectivity index (χ2n) is 3.75. The second-order valence-corrected chi connectivity index (χ2v) is 4.99. The highest BCUT2D eigenvalue weighted by Gasteiger charge is 2.30. The van der Waals surface area contributed by atoms with Crippen molar-refractivity contribution in [3.05, 3.63) is 11.1 Å². The van der Waals surface area contributed by atoms with E-state index >= 15 is 0 Å². The summed E-state index contributed by atoms with van der Waals surface area (Å²) in [5.74, 6) is 0. The quantitative estimate of drug-likeness (QED) is 0.746. The third-order valence-corrected chi connectivity index (χ3v) is 3.85. The zero-order chi connectivity index (χ0) is 11.5. The number of thioether (sulfide) groups is 1. The largest absolute Gasteiger partial charge is 0.378 e. The zero-order valence-corrected chi connectivity index (χ0v) is 10.2. The van der Waals surface area contributed by atoms with Gasteiger partial charge in [-0.15, -0.1) is 0 Å². The first kappa shape index (κ1) is 11.8. The maximum absolute atomic E-state index is 12.1. The van der Waals surface area contributed by atoms with Crippen molar-refractivity contribution < 1.29 is 9.53 Å². The topological polar surface area (TPSA) is 58.8 Å². The molecule has 16 heavy (non-hydrogen) atoms. The van der Waals surface area contributed by atoms with E-state index in [0.717, 1.165) is 11.3 Å². The van der Waals surface area contributed by atoms with Gasteiger partial charge in [-0.2, -0.15) is 0 Å². The average Bonchev–Trinajstić information content (AvgIpc) is 2.71. The fourth-order valence-electron chi connectivity index (χ4n) is 1.73. The van der Waals surface area contributed by atoms with Gasteiger partial charge in [0.25, 0.3) is 0 Å². The molecule has 0 bridgehead atoms. The van der Waals surface area contributed by atoms with Gasteiger partial charge in [0.15, 0.2) is 0 Å². The van der Waals surface area contributed by atoms with Crippen molar-refractivity contribution in [1.82, 2.24) is 9.80 Å². The zero-order valence-electron chi connectivity index (χ0n) is 9.39. The van der Waals surface area contributed by atoms with Crippen LogP contribution < -0.4 is 5.73 Å². The standard InChI is InChI=1S/C10H17N3O2S/c1-2-8-7-13(9(11)16-8)10(14)12-3-5-15-6-4-12/h7,9H,2-6,11H2,1H3. The smallest absolute Gasteiger partial charge is 0.326 e. The first-order chi connectivity index (χ1) is 7.72. The Morgan fingerprint density at radius 2 is 2.31 bits per heavy atom. The monoisotopic (exact) mass is 243 g/mol. The number of morpholine rings is 1. The molecular formula is C10H17N3O2S. The van der Waals surface area contributed by atoms with Gasteiger partial charge in [-0.25, -0.2) is 4.79 Å². The van der Waals surface area contributed by atoms with E-state index < -0.39 is 0 Å². The van der Waals surface area contributed by atoms with Gasteiger partial charge < -0.3 is 15.4 Å². The summed E-state index contributed by atoms with van der Waals surface area (Å²) >= 11 is 1.55. The Kier molecular flexibility index (Phi) is 3.73. The Balaban J connectivity index is 2.00. The van der Waals surface area contributed by atoms with Gasteiger partial charge in [-0.3, -0.25) is 4.90 Å². The molecule has 1 unspecified atom stereocenters. The minimum absolute atomic E-state index is 0.00764. The van der Waals surface area contributed by atoms with Gasteiger partial charge in [-0.1, -0.05) is 18.7 Å². The number of rotatable bonds is 1. The maximum Gasteiger partial charge on any atom is 0.326 e. The van der Waals surface area contributed by atoms with Crippen LogP contribution in [0.2, 0.25) is 0 Å². The SMILES string of the molecule is CCC1=CN(C(=O)N2CCOCC2)C(N)S1. The molecule has 2 aliphatic rings. The molecule has 6 heteroatoms. The molecule has 1 saturated heterocycles. The lowest BCUT2D eigenvalue weighted by Crippen LogP contribution is -2.49. The summed E-state index contributed by atoms with van der Waals surface area (Å²) in [6.45, 7) is 4.61. The maximum atomic E-state index is 12.1. The number of nitrogens with two attached hydrogens (primary N) is 1. The van der Waals surface area contributed by atoms with Crippen LogP contribution in [-0.2, 0) is 4.74 Å². The van der Waals surface area contributed by atoms with E-state index in [1.54, 1.807) is 21.6 Å². The molecule has 0 spiro atoms. The van der Waals surface area contributed by atoms with Crippen molar-refractivity contribution in [2.45, 2.75) is 18.8 Å². The molecule has 1 fully saturated rings. The van der Waals surface area contributed by atoms with Crippen molar-refractivity contribution >= 4 is 17.8 Å². The molecule has 2 heterocycles. The number of ether oxygens (including phenoxy) is 1. The van der Waals surface area contributed by atoms with E-state index in [1.165, 1.54) is 0 Å². The van der Waals surface area contributed by atoms with Gasteiger partial charge in [-0.05, 0) is 6.42 Å². The van der Waals surface area contributed by atoms with E-state index in [4.69, 9.17) is 10.5 Å². The highest BCUT2D eigenvalue weighted by Crippen LogP contribution is 2.32. The number of hydrogen-bond donors (Lipinski definition) is 1. The van der Waals surface area contributed by atoms with Crippen LogP contribution in [0.4, 0.5) is 4.79 Å². The van der Waals surface area contributed by atoms with Gasteiger partial charge in [0.05, 0.1) is 13.2 Å².